The van der Waals surface area contributed by atoms with Gasteiger partial charge < -0.3 is 5.11 Å². The van der Waals surface area contributed by atoms with Crippen LogP contribution in [-0.2, 0) is 0 Å². The van der Waals surface area contributed by atoms with E-state index in [4.69, 9.17) is 0 Å². The van der Waals surface area contributed by atoms with Crippen LogP contribution in [0.3, 0.4) is 0 Å². The van der Waals surface area contributed by atoms with Gasteiger partial charge in [-0.15, -0.1) is 6.58 Å². The summed E-state index contributed by atoms with van der Waals surface area (Å²) >= 11 is 0. The Morgan fingerprint density at radius 1 is 1.35 bits per heavy atom. The molecule has 0 aliphatic heterocycles. The van der Waals surface area contributed by atoms with Crippen LogP contribution >= 0.6 is 0 Å². The standard InChI is InChI=1S/C16H21NO3/c1-6-14(11(2)16(3,4)5)15(18)12-7-9-13(10-8-12)17(19)20/h6-10,14-15,18H,1-2H2,3-5H3. The first-order valence-electron chi connectivity index (χ1n) is 6.42. The number of nitrogens with zero attached hydrogens (tertiary/aromatic N) is 1. The lowest BCUT2D eigenvalue weighted by Crippen LogP contribution is -2.21. The zero-order valence-corrected chi connectivity index (χ0v) is 12.2. The molecular weight excluding hydrogens is 254 g/mol. The van der Waals surface area contributed by atoms with Crippen LogP contribution in [0.15, 0.2) is 49.1 Å². The third-order valence-electron chi connectivity index (χ3n) is 3.41. The van der Waals surface area contributed by atoms with Crippen LogP contribution in [0, 0.1) is 21.4 Å². The highest BCUT2D eigenvalue weighted by Crippen LogP contribution is 2.37. The number of hydrogen-bond donors (Lipinski definition) is 1. The Balaban J connectivity index is 3.02. The van der Waals surface area contributed by atoms with E-state index in [0.717, 1.165) is 5.57 Å². The Kier molecular flexibility index (Phi) is 4.84. The van der Waals surface area contributed by atoms with E-state index in [9.17, 15) is 15.2 Å². The smallest absolute Gasteiger partial charge is 0.269 e. The third kappa shape index (κ3) is 3.54. The summed E-state index contributed by atoms with van der Waals surface area (Å²) in [5.74, 6) is -0.295. The Labute approximate surface area is 119 Å². The third-order valence-corrected chi connectivity index (χ3v) is 3.41. The molecule has 1 aromatic rings. The summed E-state index contributed by atoms with van der Waals surface area (Å²) in [4.78, 5) is 10.2. The Morgan fingerprint density at radius 3 is 2.20 bits per heavy atom. The van der Waals surface area contributed by atoms with Gasteiger partial charge in [-0.25, -0.2) is 0 Å². The number of nitro groups is 1. The fourth-order valence-corrected chi connectivity index (χ4v) is 1.96. The Hall–Kier alpha value is -1.94. The molecule has 2 atom stereocenters. The molecule has 0 radical (unpaired) electrons. The van der Waals surface area contributed by atoms with E-state index in [2.05, 4.69) is 13.2 Å². The summed E-state index contributed by atoms with van der Waals surface area (Å²) in [6.45, 7) is 13.9. The van der Waals surface area contributed by atoms with Crippen LogP contribution in [0.2, 0.25) is 0 Å². The first kappa shape index (κ1) is 16.1. The first-order chi connectivity index (χ1) is 9.18. The predicted octanol–water partition coefficient (Wildman–Crippen LogP) is 4.03. The number of nitro benzene ring substituents is 1. The molecule has 1 aromatic carbocycles. The molecule has 20 heavy (non-hydrogen) atoms. The molecular formula is C16H21NO3. The van der Waals surface area contributed by atoms with Crippen molar-refractivity contribution >= 4 is 5.69 Å². The quantitative estimate of drug-likeness (QED) is 0.501. The summed E-state index contributed by atoms with van der Waals surface area (Å²) in [5.41, 5.74) is 1.34. The fraction of sp³-hybridized carbons (Fsp3) is 0.375. The monoisotopic (exact) mass is 275 g/mol. The second kappa shape index (κ2) is 6.01. The Morgan fingerprint density at radius 2 is 1.85 bits per heavy atom. The highest BCUT2D eigenvalue weighted by atomic mass is 16.6. The summed E-state index contributed by atoms with van der Waals surface area (Å²) in [7, 11) is 0. The van der Waals surface area contributed by atoms with Gasteiger partial charge in [-0.2, -0.15) is 0 Å². The van der Waals surface area contributed by atoms with E-state index in [1.165, 1.54) is 12.1 Å². The number of rotatable bonds is 5. The maximum Gasteiger partial charge on any atom is 0.269 e. The van der Waals surface area contributed by atoms with E-state index < -0.39 is 11.0 Å². The maximum absolute atomic E-state index is 10.6. The molecule has 0 aliphatic carbocycles. The highest BCUT2D eigenvalue weighted by Gasteiger charge is 2.28. The minimum atomic E-state index is -0.806. The number of hydrogen-bond acceptors (Lipinski definition) is 3. The lowest BCUT2D eigenvalue weighted by atomic mass is 9.76. The highest BCUT2D eigenvalue weighted by molar-refractivity contribution is 5.35. The van der Waals surface area contributed by atoms with Gasteiger partial charge >= 0.3 is 0 Å². The van der Waals surface area contributed by atoms with Crippen molar-refractivity contribution in [3.05, 3.63) is 64.8 Å². The average Bonchev–Trinajstić information content (AvgIpc) is 2.38. The molecule has 0 aromatic heterocycles. The first-order valence-corrected chi connectivity index (χ1v) is 6.42. The van der Waals surface area contributed by atoms with Gasteiger partial charge in [0.05, 0.1) is 11.0 Å². The fourth-order valence-electron chi connectivity index (χ4n) is 1.96. The van der Waals surface area contributed by atoms with E-state index in [-0.39, 0.29) is 17.0 Å². The molecule has 4 nitrogen and oxygen atoms in total. The molecule has 0 fully saturated rings. The molecule has 1 N–H and O–H groups in total. The average molecular weight is 275 g/mol. The van der Waals surface area contributed by atoms with E-state index in [1.54, 1.807) is 18.2 Å². The van der Waals surface area contributed by atoms with E-state index in [1.807, 2.05) is 20.8 Å². The molecule has 2 unspecified atom stereocenters. The number of aliphatic hydroxyl groups excluding tert-OH is 1. The van der Waals surface area contributed by atoms with Crippen LogP contribution in [0.5, 0.6) is 0 Å². The van der Waals surface area contributed by atoms with Gasteiger partial charge in [0.2, 0.25) is 0 Å². The summed E-state index contributed by atoms with van der Waals surface area (Å²) in [5, 5.41) is 21.1. The zero-order chi connectivity index (χ0) is 15.5. The van der Waals surface area contributed by atoms with E-state index >= 15 is 0 Å². The molecule has 108 valence electrons. The topological polar surface area (TPSA) is 63.4 Å². The lowest BCUT2D eigenvalue weighted by molar-refractivity contribution is -0.384. The molecule has 0 saturated heterocycles. The van der Waals surface area contributed by atoms with Crippen molar-refractivity contribution in [2.24, 2.45) is 11.3 Å². The normalized spacial score (nSPS) is 14.4. The van der Waals surface area contributed by atoms with Crippen molar-refractivity contribution < 1.29 is 10.0 Å². The Bertz CT molecular complexity index is 512. The van der Waals surface area contributed by atoms with Gasteiger partial charge in [0.1, 0.15) is 0 Å². The lowest BCUT2D eigenvalue weighted by Gasteiger charge is -2.31. The summed E-state index contributed by atoms with van der Waals surface area (Å²) in [6.07, 6.45) is 0.861. The molecule has 0 bridgehead atoms. The second-order valence-electron chi connectivity index (χ2n) is 5.83. The molecule has 0 amide bonds. The largest absolute Gasteiger partial charge is 0.387 e. The van der Waals surface area contributed by atoms with Gasteiger partial charge in [-0.05, 0) is 23.1 Å². The zero-order valence-electron chi connectivity index (χ0n) is 12.2. The summed E-state index contributed by atoms with van der Waals surface area (Å²) < 4.78 is 0. The molecule has 0 saturated carbocycles. The summed E-state index contributed by atoms with van der Waals surface area (Å²) in [6, 6.07) is 5.90. The SMILES string of the molecule is C=CC(C(=C)C(C)(C)C)C(O)c1ccc([N+](=O)[O-])cc1. The van der Waals surface area contributed by atoms with Crippen molar-refractivity contribution in [3.8, 4) is 0 Å². The van der Waals surface area contributed by atoms with Crippen LogP contribution in [0.1, 0.15) is 32.4 Å². The van der Waals surface area contributed by atoms with Crippen LogP contribution in [0.25, 0.3) is 0 Å². The van der Waals surface area contributed by atoms with Crippen molar-refractivity contribution in [2.75, 3.05) is 0 Å². The van der Waals surface area contributed by atoms with Crippen molar-refractivity contribution in [3.63, 3.8) is 0 Å². The molecule has 1 rings (SSSR count). The molecule has 0 aliphatic rings. The second-order valence-corrected chi connectivity index (χ2v) is 5.83. The molecule has 0 heterocycles. The number of benzene rings is 1. The minimum absolute atomic E-state index is 0.00532. The maximum atomic E-state index is 10.6. The number of aliphatic hydroxyl groups is 1. The van der Waals surface area contributed by atoms with Gasteiger partial charge in [-0.1, -0.05) is 39.0 Å². The minimum Gasteiger partial charge on any atom is -0.387 e. The molecule has 4 heteroatoms. The van der Waals surface area contributed by atoms with Gasteiger partial charge in [0.15, 0.2) is 0 Å². The van der Waals surface area contributed by atoms with Crippen molar-refractivity contribution in [1.82, 2.24) is 0 Å². The van der Waals surface area contributed by atoms with Gasteiger partial charge in [0, 0.05) is 18.1 Å². The number of non-ortho nitro benzene ring substituents is 1. The van der Waals surface area contributed by atoms with Crippen LogP contribution in [-0.4, -0.2) is 10.0 Å². The van der Waals surface area contributed by atoms with Crippen LogP contribution in [0.4, 0.5) is 5.69 Å². The predicted molar refractivity (Wildman–Crippen MR) is 80.3 cm³/mol. The van der Waals surface area contributed by atoms with E-state index in [0.29, 0.717) is 5.56 Å². The van der Waals surface area contributed by atoms with Crippen molar-refractivity contribution in [2.45, 2.75) is 26.9 Å². The van der Waals surface area contributed by atoms with Crippen molar-refractivity contribution in [1.29, 1.82) is 0 Å². The van der Waals surface area contributed by atoms with Crippen LogP contribution < -0.4 is 0 Å². The van der Waals surface area contributed by atoms with Gasteiger partial charge in [0.25, 0.3) is 5.69 Å². The molecule has 0 spiro atoms. The van der Waals surface area contributed by atoms with Gasteiger partial charge in [-0.3, -0.25) is 10.1 Å².